The van der Waals surface area contributed by atoms with E-state index in [0.717, 1.165) is 84.6 Å². The molecule has 1 N–H and O–H groups in total. The lowest BCUT2D eigenvalue weighted by Crippen LogP contribution is -2.38. The van der Waals surface area contributed by atoms with Crippen molar-refractivity contribution < 1.29 is 23.6 Å². The highest BCUT2D eigenvalue weighted by Crippen LogP contribution is 2.37. The third-order valence-corrected chi connectivity index (χ3v) is 8.70. The Morgan fingerprint density at radius 3 is 2.73 bits per heavy atom. The molecule has 0 aliphatic carbocycles. The second kappa shape index (κ2) is 11.1. The predicted molar refractivity (Wildman–Crippen MR) is 150 cm³/mol. The molecule has 0 spiro atoms. The molecule has 1 unspecified atom stereocenters. The Bertz CT molecular complexity index is 1670. The molecule has 1 fully saturated rings. The monoisotopic (exact) mass is 560 g/mol. The SMILES string of the molecule is Cc1nc2n(c(=O)c1CCN1CCC(c3noc4cc(F)ccc34)CC1)CCCC2c1cccc(OC(=O)O)c1C. The van der Waals surface area contributed by atoms with Gasteiger partial charge in [0.1, 0.15) is 17.4 Å². The van der Waals surface area contributed by atoms with Crippen LogP contribution in [0.1, 0.15) is 71.4 Å². The van der Waals surface area contributed by atoms with E-state index in [0.29, 0.717) is 24.3 Å². The van der Waals surface area contributed by atoms with Gasteiger partial charge >= 0.3 is 6.16 Å². The Labute approximate surface area is 236 Å². The maximum absolute atomic E-state index is 13.7. The molecule has 0 radical (unpaired) electrons. The number of aryl methyl sites for hydroxylation is 1. The van der Waals surface area contributed by atoms with Gasteiger partial charge in [-0.3, -0.25) is 9.36 Å². The zero-order chi connectivity index (χ0) is 28.7. The zero-order valence-corrected chi connectivity index (χ0v) is 23.2. The number of halogens is 1. The van der Waals surface area contributed by atoms with Gasteiger partial charge in [0.15, 0.2) is 5.58 Å². The van der Waals surface area contributed by atoms with E-state index in [1.54, 1.807) is 18.2 Å². The number of aromatic nitrogens is 3. The van der Waals surface area contributed by atoms with Crippen LogP contribution in [0, 0.1) is 19.7 Å². The Balaban J connectivity index is 1.16. The number of nitrogens with zero attached hydrogens (tertiary/aromatic N) is 4. The van der Waals surface area contributed by atoms with Gasteiger partial charge in [-0.15, -0.1) is 0 Å². The van der Waals surface area contributed by atoms with Crippen molar-refractivity contribution >= 4 is 17.1 Å². The topological polar surface area (TPSA) is 111 Å². The smallest absolute Gasteiger partial charge is 0.449 e. The summed E-state index contributed by atoms with van der Waals surface area (Å²) in [6, 6.07) is 9.95. The summed E-state index contributed by atoms with van der Waals surface area (Å²) < 4.78 is 25.7. The van der Waals surface area contributed by atoms with Gasteiger partial charge in [0.05, 0.1) is 5.69 Å². The van der Waals surface area contributed by atoms with Gasteiger partial charge in [0.25, 0.3) is 5.56 Å². The number of hydrogen-bond acceptors (Lipinski definition) is 7. The van der Waals surface area contributed by atoms with Crippen LogP contribution in [-0.4, -0.2) is 50.5 Å². The van der Waals surface area contributed by atoms with Crippen LogP contribution in [0.25, 0.3) is 11.0 Å². The third-order valence-electron chi connectivity index (χ3n) is 8.70. The Morgan fingerprint density at radius 2 is 1.95 bits per heavy atom. The molecule has 41 heavy (non-hydrogen) atoms. The summed E-state index contributed by atoms with van der Waals surface area (Å²) in [7, 11) is 0. The quantitative estimate of drug-likeness (QED) is 0.242. The standard InChI is InChI=1S/C31H33FN4O5/c1-18-22(5-3-7-26(18)40-31(38)39)24-6-4-13-36-29(24)33-19(2)23(30(36)37)12-16-35-14-10-20(11-15-35)28-25-9-8-21(32)17-27(25)41-34-28/h3,5,7-9,17,20,24H,4,6,10-16H2,1-2H3,(H,38,39). The van der Waals surface area contributed by atoms with E-state index in [9.17, 15) is 14.0 Å². The average Bonchev–Trinajstić information content (AvgIpc) is 3.37. The molecule has 2 aliphatic heterocycles. The lowest BCUT2D eigenvalue weighted by Gasteiger charge is -2.31. The second-order valence-electron chi connectivity index (χ2n) is 11.1. The van der Waals surface area contributed by atoms with Crippen LogP contribution in [0.3, 0.4) is 0 Å². The fraction of sp³-hybridized carbons (Fsp3) is 0.419. The molecule has 4 aromatic rings. The minimum atomic E-state index is -1.35. The van der Waals surface area contributed by atoms with Crippen molar-refractivity contribution in [1.29, 1.82) is 0 Å². The first-order chi connectivity index (χ1) is 19.8. The largest absolute Gasteiger partial charge is 0.511 e. The van der Waals surface area contributed by atoms with Crippen LogP contribution in [-0.2, 0) is 13.0 Å². The number of rotatable bonds is 6. The fourth-order valence-electron chi connectivity index (χ4n) is 6.51. The average molecular weight is 561 g/mol. The molecule has 0 saturated carbocycles. The normalized spacial score (nSPS) is 18.0. The van der Waals surface area contributed by atoms with Gasteiger partial charge in [0, 0.05) is 47.6 Å². The number of carboxylic acid groups (broad SMARTS) is 1. The lowest BCUT2D eigenvalue weighted by molar-refractivity contribution is 0.144. The van der Waals surface area contributed by atoms with Crippen LogP contribution in [0.2, 0.25) is 0 Å². The maximum Gasteiger partial charge on any atom is 0.511 e. The van der Waals surface area contributed by atoms with E-state index in [1.165, 1.54) is 12.1 Å². The number of piperidine rings is 1. The minimum absolute atomic E-state index is 0.0176. The lowest BCUT2D eigenvalue weighted by atomic mass is 9.87. The molecule has 1 saturated heterocycles. The molecule has 4 heterocycles. The Morgan fingerprint density at radius 1 is 1.15 bits per heavy atom. The number of carbonyl (C=O) groups is 1. The summed E-state index contributed by atoms with van der Waals surface area (Å²) >= 11 is 0. The van der Waals surface area contributed by atoms with Gasteiger partial charge < -0.3 is 19.3 Å². The van der Waals surface area contributed by atoms with Crippen molar-refractivity contribution in [3.63, 3.8) is 0 Å². The third kappa shape index (κ3) is 5.24. The van der Waals surface area contributed by atoms with Crippen molar-refractivity contribution in [2.75, 3.05) is 19.6 Å². The first-order valence-corrected chi connectivity index (χ1v) is 14.2. The molecule has 2 aliphatic rings. The molecule has 2 aromatic heterocycles. The summed E-state index contributed by atoms with van der Waals surface area (Å²) in [5.74, 6) is 0.860. The summed E-state index contributed by atoms with van der Waals surface area (Å²) in [6.45, 7) is 6.91. The summed E-state index contributed by atoms with van der Waals surface area (Å²) in [5, 5.41) is 14.2. The Hall–Kier alpha value is -4.05. The van der Waals surface area contributed by atoms with Gasteiger partial charge in [-0.05, 0) is 88.4 Å². The van der Waals surface area contributed by atoms with Crippen LogP contribution in [0.4, 0.5) is 9.18 Å². The van der Waals surface area contributed by atoms with Gasteiger partial charge in [-0.2, -0.15) is 0 Å². The molecule has 6 rings (SSSR count). The highest BCUT2D eigenvalue weighted by Gasteiger charge is 2.29. The molecular formula is C31H33FN4O5. The maximum atomic E-state index is 13.7. The van der Waals surface area contributed by atoms with Gasteiger partial charge in [-0.25, -0.2) is 14.2 Å². The fourth-order valence-corrected chi connectivity index (χ4v) is 6.51. The number of ether oxygens (including phenoxy) is 1. The van der Waals surface area contributed by atoms with Crippen molar-refractivity contribution in [3.8, 4) is 5.75 Å². The molecular weight excluding hydrogens is 527 g/mol. The molecule has 10 heteroatoms. The van der Waals surface area contributed by atoms with Gasteiger partial charge in [0.2, 0.25) is 0 Å². The number of fused-ring (bicyclic) bond motifs is 2. The van der Waals surface area contributed by atoms with E-state index in [-0.39, 0.29) is 23.2 Å². The van der Waals surface area contributed by atoms with E-state index in [2.05, 4.69) is 10.1 Å². The molecule has 2 aromatic carbocycles. The summed E-state index contributed by atoms with van der Waals surface area (Å²) in [4.78, 5) is 32.2. The minimum Gasteiger partial charge on any atom is -0.449 e. The first kappa shape index (κ1) is 27.1. The van der Waals surface area contributed by atoms with Crippen LogP contribution in [0.5, 0.6) is 5.75 Å². The molecule has 9 nitrogen and oxygen atoms in total. The molecule has 0 bridgehead atoms. The summed E-state index contributed by atoms with van der Waals surface area (Å²) in [6.07, 6.45) is 2.78. The van der Waals surface area contributed by atoms with Crippen molar-refractivity contribution in [1.82, 2.24) is 19.6 Å². The second-order valence-corrected chi connectivity index (χ2v) is 11.1. The van der Waals surface area contributed by atoms with Crippen molar-refractivity contribution in [3.05, 3.63) is 86.5 Å². The Kier molecular flexibility index (Phi) is 7.33. The van der Waals surface area contributed by atoms with E-state index < -0.39 is 6.16 Å². The van der Waals surface area contributed by atoms with Gasteiger partial charge in [-0.1, -0.05) is 17.3 Å². The highest BCUT2D eigenvalue weighted by atomic mass is 19.1. The first-order valence-electron chi connectivity index (χ1n) is 14.2. The molecule has 1 atom stereocenters. The number of benzene rings is 2. The van der Waals surface area contributed by atoms with Crippen LogP contribution < -0.4 is 10.3 Å². The predicted octanol–water partition coefficient (Wildman–Crippen LogP) is 5.55. The van der Waals surface area contributed by atoms with E-state index in [4.69, 9.17) is 19.4 Å². The van der Waals surface area contributed by atoms with Crippen LogP contribution >= 0.6 is 0 Å². The van der Waals surface area contributed by atoms with Crippen molar-refractivity contribution in [2.45, 2.75) is 64.3 Å². The number of hydrogen-bond donors (Lipinski definition) is 1. The van der Waals surface area contributed by atoms with Crippen molar-refractivity contribution in [2.24, 2.45) is 0 Å². The van der Waals surface area contributed by atoms with E-state index in [1.807, 2.05) is 24.5 Å². The summed E-state index contributed by atoms with van der Waals surface area (Å²) in [5.41, 5.74) is 4.58. The number of likely N-dealkylation sites (tertiary alicyclic amines) is 1. The van der Waals surface area contributed by atoms with Crippen LogP contribution in [0.15, 0.2) is 45.7 Å². The molecule has 214 valence electrons. The highest BCUT2D eigenvalue weighted by molar-refractivity contribution is 5.79. The molecule has 0 amide bonds. The zero-order valence-electron chi connectivity index (χ0n) is 23.2. The van der Waals surface area contributed by atoms with E-state index >= 15 is 0 Å².